The number of rotatable bonds is 4. The number of anilines is 2. The Morgan fingerprint density at radius 1 is 1.35 bits per heavy atom. The largest absolute Gasteiger partial charge is 0.356 e. The lowest BCUT2D eigenvalue weighted by molar-refractivity contribution is 0.252. The van der Waals surface area contributed by atoms with Gasteiger partial charge in [-0.1, -0.05) is 6.92 Å². The van der Waals surface area contributed by atoms with E-state index >= 15 is 0 Å². The van der Waals surface area contributed by atoms with Crippen LogP contribution in [0.15, 0.2) is 0 Å². The summed E-state index contributed by atoms with van der Waals surface area (Å²) in [6.07, 6.45) is 3.15. The molecule has 2 rings (SSSR count). The van der Waals surface area contributed by atoms with Gasteiger partial charge in [0.25, 0.3) is 0 Å². The van der Waals surface area contributed by atoms with Crippen LogP contribution < -0.4 is 16.2 Å². The standard InChI is InChI=1S/C14H26N6/c1-5-12-16-13(18-15)10(2)14(17-12)20(4)11-6-8-19(3)9-7-11/h11H,5-9,15H2,1-4H3,(H,16,17,18). The molecule has 0 aromatic carbocycles. The molecule has 1 aliphatic rings. The number of nitrogen functional groups attached to an aromatic ring is 1. The SMILES string of the molecule is CCc1nc(NN)c(C)c(N(C)C2CCN(C)CC2)n1. The second kappa shape index (κ2) is 6.37. The minimum absolute atomic E-state index is 0.537. The molecule has 112 valence electrons. The van der Waals surface area contributed by atoms with E-state index in [1.807, 2.05) is 6.92 Å². The zero-order valence-electron chi connectivity index (χ0n) is 13.0. The summed E-state index contributed by atoms with van der Waals surface area (Å²) in [7, 11) is 4.31. The number of hydrogen-bond acceptors (Lipinski definition) is 6. The number of nitrogens with one attached hydrogen (secondary N) is 1. The summed E-state index contributed by atoms with van der Waals surface area (Å²) in [4.78, 5) is 13.8. The lowest BCUT2D eigenvalue weighted by Crippen LogP contribution is -2.42. The van der Waals surface area contributed by atoms with Crippen molar-refractivity contribution in [1.29, 1.82) is 0 Å². The van der Waals surface area contributed by atoms with Gasteiger partial charge in [0.1, 0.15) is 17.5 Å². The highest BCUT2D eigenvalue weighted by Crippen LogP contribution is 2.26. The lowest BCUT2D eigenvalue weighted by atomic mass is 10.0. The average molecular weight is 278 g/mol. The molecule has 20 heavy (non-hydrogen) atoms. The van der Waals surface area contributed by atoms with Crippen molar-refractivity contribution < 1.29 is 0 Å². The van der Waals surface area contributed by atoms with Gasteiger partial charge in [-0.15, -0.1) is 0 Å². The van der Waals surface area contributed by atoms with Gasteiger partial charge in [-0.2, -0.15) is 0 Å². The number of nitrogens with zero attached hydrogens (tertiary/aromatic N) is 4. The van der Waals surface area contributed by atoms with E-state index in [9.17, 15) is 0 Å². The van der Waals surface area contributed by atoms with E-state index in [0.717, 1.165) is 42.5 Å². The van der Waals surface area contributed by atoms with Crippen molar-refractivity contribution in [1.82, 2.24) is 14.9 Å². The van der Waals surface area contributed by atoms with Crippen LogP contribution in [0.3, 0.4) is 0 Å². The number of aryl methyl sites for hydroxylation is 1. The predicted octanol–water partition coefficient (Wildman–Crippen LogP) is 1.16. The maximum Gasteiger partial charge on any atom is 0.148 e. The highest BCUT2D eigenvalue weighted by Gasteiger charge is 2.24. The minimum Gasteiger partial charge on any atom is -0.356 e. The third-order valence-corrected chi connectivity index (χ3v) is 4.19. The first-order chi connectivity index (χ1) is 9.56. The van der Waals surface area contributed by atoms with Crippen LogP contribution in [-0.2, 0) is 6.42 Å². The maximum absolute atomic E-state index is 5.57. The number of hydrogen-bond donors (Lipinski definition) is 2. The van der Waals surface area contributed by atoms with Gasteiger partial charge >= 0.3 is 0 Å². The molecule has 0 aliphatic carbocycles. The Kier molecular flexibility index (Phi) is 4.77. The quantitative estimate of drug-likeness (QED) is 0.636. The van der Waals surface area contributed by atoms with E-state index in [1.165, 1.54) is 12.8 Å². The zero-order chi connectivity index (χ0) is 14.7. The third kappa shape index (κ3) is 3.02. The first-order valence-electron chi connectivity index (χ1n) is 7.32. The first-order valence-corrected chi connectivity index (χ1v) is 7.32. The van der Waals surface area contributed by atoms with Gasteiger partial charge in [0.05, 0.1) is 0 Å². The summed E-state index contributed by atoms with van der Waals surface area (Å²) in [5.74, 6) is 8.13. The Labute approximate surface area is 121 Å². The smallest absolute Gasteiger partial charge is 0.148 e. The fraction of sp³-hybridized carbons (Fsp3) is 0.714. The van der Waals surface area contributed by atoms with Crippen molar-refractivity contribution in [2.45, 2.75) is 39.2 Å². The van der Waals surface area contributed by atoms with Crippen LogP contribution in [0, 0.1) is 6.92 Å². The van der Waals surface area contributed by atoms with Crippen molar-refractivity contribution in [2.24, 2.45) is 5.84 Å². The molecular formula is C14H26N6. The van der Waals surface area contributed by atoms with Crippen LogP contribution in [0.25, 0.3) is 0 Å². The van der Waals surface area contributed by atoms with E-state index in [1.54, 1.807) is 0 Å². The van der Waals surface area contributed by atoms with Crippen LogP contribution in [0.2, 0.25) is 0 Å². The van der Waals surface area contributed by atoms with Gasteiger partial charge in [0, 0.05) is 25.1 Å². The van der Waals surface area contributed by atoms with Gasteiger partial charge in [0.15, 0.2) is 0 Å². The molecule has 2 heterocycles. The molecule has 1 aliphatic heterocycles. The maximum atomic E-state index is 5.57. The molecule has 0 unspecified atom stereocenters. The fourth-order valence-electron chi connectivity index (χ4n) is 2.75. The second-order valence-electron chi connectivity index (χ2n) is 5.58. The lowest BCUT2D eigenvalue weighted by Gasteiger charge is -2.36. The zero-order valence-corrected chi connectivity index (χ0v) is 13.0. The Morgan fingerprint density at radius 2 is 2.00 bits per heavy atom. The van der Waals surface area contributed by atoms with E-state index in [-0.39, 0.29) is 0 Å². The van der Waals surface area contributed by atoms with E-state index in [2.05, 4.69) is 41.2 Å². The Morgan fingerprint density at radius 3 is 2.55 bits per heavy atom. The highest BCUT2D eigenvalue weighted by atomic mass is 15.3. The van der Waals surface area contributed by atoms with Crippen LogP contribution >= 0.6 is 0 Å². The molecule has 6 nitrogen and oxygen atoms in total. The topological polar surface area (TPSA) is 70.3 Å². The molecule has 0 spiro atoms. The number of aromatic nitrogens is 2. The normalized spacial score (nSPS) is 17.2. The fourth-order valence-corrected chi connectivity index (χ4v) is 2.75. The Hall–Kier alpha value is -1.40. The summed E-state index contributed by atoms with van der Waals surface area (Å²) in [6.45, 7) is 6.36. The Balaban J connectivity index is 2.26. The molecule has 0 saturated carbocycles. The molecule has 0 amide bonds. The van der Waals surface area contributed by atoms with Crippen LogP contribution in [0.5, 0.6) is 0 Å². The minimum atomic E-state index is 0.537. The van der Waals surface area contributed by atoms with E-state index in [0.29, 0.717) is 6.04 Å². The van der Waals surface area contributed by atoms with E-state index < -0.39 is 0 Å². The molecule has 0 radical (unpaired) electrons. The van der Waals surface area contributed by atoms with Crippen LogP contribution in [-0.4, -0.2) is 48.1 Å². The number of hydrazine groups is 1. The van der Waals surface area contributed by atoms with Crippen molar-refractivity contribution in [3.63, 3.8) is 0 Å². The molecular weight excluding hydrogens is 252 g/mol. The average Bonchev–Trinajstić information content (AvgIpc) is 2.47. The van der Waals surface area contributed by atoms with Crippen molar-refractivity contribution >= 4 is 11.6 Å². The number of piperidine rings is 1. The van der Waals surface area contributed by atoms with Gasteiger partial charge in [-0.05, 0) is 39.9 Å². The van der Waals surface area contributed by atoms with Gasteiger partial charge in [0.2, 0.25) is 0 Å². The third-order valence-electron chi connectivity index (χ3n) is 4.19. The van der Waals surface area contributed by atoms with Gasteiger partial charge < -0.3 is 15.2 Å². The van der Waals surface area contributed by atoms with Gasteiger partial charge in [-0.3, -0.25) is 0 Å². The first kappa shape index (κ1) is 15.0. The summed E-state index contributed by atoms with van der Waals surface area (Å²) in [5.41, 5.74) is 3.71. The molecule has 1 saturated heterocycles. The predicted molar refractivity (Wildman–Crippen MR) is 82.9 cm³/mol. The van der Waals surface area contributed by atoms with Gasteiger partial charge in [-0.25, -0.2) is 15.8 Å². The molecule has 6 heteroatoms. The molecule has 1 aromatic heterocycles. The molecule has 3 N–H and O–H groups in total. The Bertz CT molecular complexity index is 453. The van der Waals surface area contributed by atoms with Crippen molar-refractivity contribution in [2.75, 3.05) is 37.5 Å². The van der Waals surface area contributed by atoms with Crippen molar-refractivity contribution in [3.8, 4) is 0 Å². The summed E-state index contributed by atoms with van der Waals surface area (Å²) in [5, 5.41) is 0. The summed E-state index contributed by atoms with van der Waals surface area (Å²) < 4.78 is 0. The summed E-state index contributed by atoms with van der Waals surface area (Å²) >= 11 is 0. The molecule has 0 atom stereocenters. The molecule has 1 fully saturated rings. The second-order valence-corrected chi connectivity index (χ2v) is 5.58. The number of nitrogens with two attached hydrogens (primary N) is 1. The van der Waals surface area contributed by atoms with Crippen LogP contribution in [0.1, 0.15) is 31.2 Å². The van der Waals surface area contributed by atoms with Crippen molar-refractivity contribution in [3.05, 3.63) is 11.4 Å². The molecule has 0 bridgehead atoms. The highest BCUT2D eigenvalue weighted by molar-refractivity contribution is 5.58. The van der Waals surface area contributed by atoms with Crippen LogP contribution in [0.4, 0.5) is 11.6 Å². The van der Waals surface area contributed by atoms with E-state index in [4.69, 9.17) is 10.8 Å². The summed E-state index contributed by atoms with van der Waals surface area (Å²) in [6, 6.07) is 0.537. The number of likely N-dealkylation sites (tertiary alicyclic amines) is 1. The molecule has 1 aromatic rings. The monoisotopic (exact) mass is 278 g/mol.